The third-order valence-electron chi connectivity index (χ3n) is 3.44. The van der Waals surface area contributed by atoms with Crippen molar-refractivity contribution in [3.8, 4) is 0 Å². The number of fused-ring (bicyclic) bond motifs is 1. The average molecular weight is 252 g/mol. The van der Waals surface area contributed by atoms with Gasteiger partial charge in [0.05, 0.1) is 16.8 Å². The maximum atomic E-state index is 11.9. The summed E-state index contributed by atoms with van der Waals surface area (Å²) < 4.78 is 1.75. The molecule has 3 heterocycles. The van der Waals surface area contributed by atoms with Gasteiger partial charge >= 0.3 is 5.69 Å². The molecule has 3 rings (SSSR count). The molecule has 1 atom stereocenters. The van der Waals surface area contributed by atoms with Crippen LogP contribution in [0.25, 0.3) is 0 Å². The molecule has 2 N–H and O–H groups in total. The Morgan fingerprint density at radius 1 is 1.41 bits per heavy atom. The smallest absolute Gasteiger partial charge is 0.286 e. The molecule has 0 spiro atoms. The van der Waals surface area contributed by atoms with Gasteiger partial charge in [-0.05, 0) is 18.9 Å². The van der Waals surface area contributed by atoms with E-state index in [9.17, 15) is 4.79 Å². The lowest BCUT2D eigenvalue weighted by Crippen LogP contribution is -2.40. The largest absolute Gasteiger partial charge is 0.348 e. The van der Waals surface area contributed by atoms with E-state index in [-0.39, 0.29) is 11.7 Å². The third kappa shape index (κ3) is 2.00. The van der Waals surface area contributed by atoms with Crippen molar-refractivity contribution < 1.29 is 0 Å². The standard InChI is InChI=1S/C11H16N4OS/c12-15-4-2-1-3-9(15)8-7-10-14(5-6-17-10)11(16)13-8/h7,9H,1-6,12H2. The van der Waals surface area contributed by atoms with Gasteiger partial charge in [0.25, 0.3) is 0 Å². The molecule has 1 saturated heterocycles. The highest BCUT2D eigenvalue weighted by Gasteiger charge is 2.25. The number of nitrogens with zero attached hydrogens (tertiary/aromatic N) is 3. The highest BCUT2D eigenvalue weighted by molar-refractivity contribution is 7.99. The molecule has 0 aromatic carbocycles. The molecule has 0 radical (unpaired) electrons. The molecule has 0 amide bonds. The number of piperidine rings is 1. The molecule has 2 aliphatic rings. The summed E-state index contributed by atoms with van der Waals surface area (Å²) in [6.45, 7) is 1.67. The van der Waals surface area contributed by atoms with Crippen molar-refractivity contribution in [3.05, 3.63) is 22.2 Å². The Morgan fingerprint density at radius 3 is 3.12 bits per heavy atom. The molecule has 6 heteroatoms. The Labute approximate surface area is 104 Å². The second-order valence-electron chi connectivity index (χ2n) is 4.55. The third-order valence-corrected chi connectivity index (χ3v) is 4.46. The zero-order valence-electron chi connectivity index (χ0n) is 9.63. The quantitative estimate of drug-likeness (QED) is 0.590. The van der Waals surface area contributed by atoms with Gasteiger partial charge in [-0.2, -0.15) is 4.98 Å². The van der Waals surface area contributed by atoms with Gasteiger partial charge in [-0.1, -0.05) is 6.42 Å². The van der Waals surface area contributed by atoms with Crippen LogP contribution in [0.5, 0.6) is 0 Å². The number of rotatable bonds is 1. The minimum atomic E-state index is -0.124. The van der Waals surface area contributed by atoms with Gasteiger partial charge < -0.3 is 0 Å². The predicted octanol–water partition coefficient (Wildman–Crippen LogP) is 0.750. The van der Waals surface area contributed by atoms with E-state index in [0.717, 1.165) is 48.8 Å². The highest BCUT2D eigenvalue weighted by atomic mass is 32.2. The molecule has 5 nitrogen and oxygen atoms in total. The van der Waals surface area contributed by atoms with Gasteiger partial charge in [0.2, 0.25) is 0 Å². The first-order chi connectivity index (χ1) is 8.25. The second-order valence-corrected chi connectivity index (χ2v) is 5.67. The molecule has 0 bridgehead atoms. The minimum Gasteiger partial charge on any atom is -0.286 e. The van der Waals surface area contributed by atoms with Crippen molar-refractivity contribution in [2.45, 2.75) is 36.9 Å². The lowest BCUT2D eigenvalue weighted by Gasteiger charge is -2.31. The lowest BCUT2D eigenvalue weighted by molar-refractivity contribution is 0.147. The molecule has 17 heavy (non-hydrogen) atoms. The van der Waals surface area contributed by atoms with Gasteiger partial charge in [-0.25, -0.2) is 9.80 Å². The summed E-state index contributed by atoms with van der Waals surface area (Å²) in [6, 6.07) is 2.15. The molecule has 1 fully saturated rings. The fourth-order valence-electron chi connectivity index (χ4n) is 2.51. The summed E-state index contributed by atoms with van der Waals surface area (Å²) in [5, 5.41) is 2.86. The number of hydrogen-bond donors (Lipinski definition) is 1. The summed E-state index contributed by atoms with van der Waals surface area (Å²) in [5.74, 6) is 6.95. The van der Waals surface area contributed by atoms with Crippen LogP contribution < -0.4 is 11.5 Å². The van der Waals surface area contributed by atoms with E-state index in [2.05, 4.69) is 4.98 Å². The molecule has 2 aliphatic heterocycles. The Kier molecular flexibility index (Phi) is 2.94. The Morgan fingerprint density at radius 2 is 2.29 bits per heavy atom. The Balaban J connectivity index is 1.98. The summed E-state index contributed by atoms with van der Waals surface area (Å²) in [5.41, 5.74) is 0.722. The van der Waals surface area contributed by atoms with Crippen molar-refractivity contribution in [3.63, 3.8) is 0 Å². The summed E-state index contributed by atoms with van der Waals surface area (Å²) in [6.07, 6.45) is 3.29. The zero-order valence-corrected chi connectivity index (χ0v) is 10.4. The van der Waals surface area contributed by atoms with E-state index < -0.39 is 0 Å². The van der Waals surface area contributed by atoms with Gasteiger partial charge in [-0.3, -0.25) is 10.4 Å². The van der Waals surface area contributed by atoms with E-state index in [1.54, 1.807) is 16.3 Å². The van der Waals surface area contributed by atoms with E-state index in [0.29, 0.717) is 0 Å². The summed E-state index contributed by atoms with van der Waals surface area (Å²) in [4.78, 5) is 16.1. The lowest BCUT2D eigenvalue weighted by atomic mass is 10.0. The van der Waals surface area contributed by atoms with Crippen molar-refractivity contribution in [2.75, 3.05) is 12.3 Å². The minimum absolute atomic E-state index is 0.114. The first-order valence-electron chi connectivity index (χ1n) is 6.01. The molecule has 0 saturated carbocycles. The van der Waals surface area contributed by atoms with Crippen LogP contribution in [0.4, 0.5) is 0 Å². The van der Waals surface area contributed by atoms with Crippen LogP contribution in [-0.4, -0.2) is 26.9 Å². The number of thioether (sulfide) groups is 1. The first kappa shape index (κ1) is 11.3. The van der Waals surface area contributed by atoms with Crippen molar-refractivity contribution in [2.24, 2.45) is 5.84 Å². The zero-order chi connectivity index (χ0) is 11.8. The van der Waals surface area contributed by atoms with E-state index in [1.165, 1.54) is 0 Å². The number of hydrazine groups is 1. The van der Waals surface area contributed by atoms with E-state index >= 15 is 0 Å². The molecule has 1 aromatic heterocycles. The SMILES string of the molecule is NN1CCCCC1c1cc2n(c(=O)n1)CCS2. The topological polar surface area (TPSA) is 64.2 Å². The highest BCUT2D eigenvalue weighted by Crippen LogP contribution is 2.30. The Hall–Kier alpha value is -0.850. The molecule has 92 valence electrons. The second kappa shape index (κ2) is 4.44. The average Bonchev–Trinajstić information content (AvgIpc) is 2.78. The summed E-state index contributed by atoms with van der Waals surface area (Å²) in [7, 11) is 0. The van der Waals surface area contributed by atoms with Crippen molar-refractivity contribution in [1.29, 1.82) is 0 Å². The van der Waals surface area contributed by atoms with Crippen LogP contribution in [0.15, 0.2) is 15.9 Å². The number of aromatic nitrogens is 2. The van der Waals surface area contributed by atoms with Crippen molar-refractivity contribution >= 4 is 11.8 Å². The fourth-order valence-corrected chi connectivity index (χ4v) is 3.52. The van der Waals surface area contributed by atoms with Gasteiger partial charge in [0.15, 0.2) is 0 Å². The normalized spacial score (nSPS) is 24.9. The monoisotopic (exact) mass is 252 g/mol. The predicted molar refractivity (Wildman–Crippen MR) is 66.7 cm³/mol. The van der Waals surface area contributed by atoms with Gasteiger partial charge in [-0.15, -0.1) is 11.8 Å². The maximum Gasteiger partial charge on any atom is 0.348 e. The van der Waals surface area contributed by atoms with E-state index in [4.69, 9.17) is 5.84 Å². The van der Waals surface area contributed by atoms with Crippen molar-refractivity contribution in [1.82, 2.24) is 14.6 Å². The summed E-state index contributed by atoms with van der Waals surface area (Å²) >= 11 is 1.73. The first-order valence-corrected chi connectivity index (χ1v) is 7.00. The van der Waals surface area contributed by atoms with Crippen LogP contribution in [0.3, 0.4) is 0 Å². The van der Waals surface area contributed by atoms with Crippen LogP contribution >= 0.6 is 11.8 Å². The molecular formula is C11H16N4OS. The molecule has 1 aromatic rings. The molecule has 1 unspecified atom stereocenters. The number of nitrogens with two attached hydrogens (primary N) is 1. The van der Waals surface area contributed by atoms with Crippen LogP contribution in [0.1, 0.15) is 31.0 Å². The van der Waals surface area contributed by atoms with Crippen LogP contribution in [0, 0.1) is 0 Å². The molecule has 0 aliphatic carbocycles. The van der Waals surface area contributed by atoms with Crippen LogP contribution in [-0.2, 0) is 6.54 Å². The fraction of sp³-hybridized carbons (Fsp3) is 0.636. The van der Waals surface area contributed by atoms with E-state index in [1.807, 2.05) is 11.1 Å². The maximum absolute atomic E-state index is 11.9. The van der Waals surface area contributed by atoms with Gasteiger partial charge in [0.1, 0.15) is 0 Å². The molecular weight excluding hydrogens is 236 g/mol. The Bertz CT molecular complexity index is 487. The van der Waals surface area contributed by atoms with Crippen LogP contribution in [0.2, 0.25) is 0 Å². The number of hydrogen-bond acceptors (Lipinski definition) is 5. The van der Waals surface area contributed by atoms with Gasteiger partial charge in [0, 0.05) is 18.8 Å².